The van der Waals surface area contributed by atoms with Crippen LogP contribution in [0, 0.1) is 0 Å². The maximum Gasteiger partial charge on any atom is 0.282 e. The number of furan rings is 1. The van der Waals surface area contributed by atoms with Gasteiger partial charge in [-0.3, -0.25) is 4.79 Å². The van der Waals surface area contributed by atoms with Crippen molar-refractivity contribution >= 4 is 23.2 Å². The number of rotatable bonds is 5. The van der Waals surface area contributed by atoms with Crippen molar-refractivity contribution in [1.82, 2.24) is 0 Å². The molecule has 0 spiro atoms. The lowest BCUT2D eigenvalue weighted by atomic mass is 10.2. The number of carbonyl (C=O) groups is 1. The summed E-state index contributed by atoms with van der Waals surface area (Å²) in [5.41, 5.74) is 0.741. The highest BCUT2D eigenvalue weighted by atomic mass is 35.5. The second kappa shape index (κ2) is 6.59. The highest BCUT2D eigenvalue weighted by Crippen LogP contribution is 2.13. The van der Waals surface area contributed by atoms with Crippen molar-refractivity contribution in [3.8, 4) is 0 Å². The van der Waals surface area contributed by atoms with Gasteiger partial charge in [0.1, 0.15) is 6.04 Å². The average molecular weight is 294 g/mol. The molecule has 2 atom stereocenters. The summed E-state index contributed by atoms with van der Waals surface area (Å²) in [5, 5.41) is 5.47. The van der Waals surface area contributed by atoms with E-state index in [0.717, 1.165) is 11.4 Å². The molecule has 4 nitrogen and oxygen atoms in total. The topological polar surface area (TPSA) is 58.9 Å². The summed E-state index contributed by atoms with van der Waals surface area (Å²) < 4.78 is 5.33. The van der Waals surface area contributed by atoms with Crippen molar-refractivity contribution in [1.29, 1.82) is 0 Å². The minimum absolute atomic E-state index is 0.0503. The van der Waals surface area contributed by atoms with Gasteiger partial charge >= 0.3 is 0 Å². The van der Waals surface area contributed by atoms with E-state index in [-0.39, 0.29) is 18.0 Å². The third-order valence-electron chi connectivity index (χ3n) is 3.09. The first-order chi connectivity index (χ1) is 9.56. The van der Waals surface area contributed by atoms with Gasteiger partial charge in [0.05, 0.1) is 6.26 Å². The fourth-order valence-electron chi connectivity index (χ4n) is 1.95. The quantitative estimate of drug-likeness (QED) is 0.890. The second-order valence-corrected chi connectivity index (χ2v) is 5.22. The Kier molecular flexibility index (Phi) is 4.82. The van der Waals surface area contributed by atoms with Gasteiger partial charge < -0.3 is 15.1 Å². The van der Waals surface area contributed by atoms with Gasteiger partial charge in [-0.25, -0.2) is 0 Å². The minimum atomic E-state index is -0.217. The lowest BCUT2D eigenvalue weighted by molar-refractivity contribution is -0.711. The highest BCUT2D eigenvalue weighted by Gasteiger charge is 2.21. The van der Waals surface area contributed by atoms with Crippen molar-refractivity contribution in [3.05, 3.63) is 53.4 Å². The van der Waals surface area contributed by atoms with E-state index in [2.05, 4.69) is 5.32 Å². The van der Waals surface area contributed by atoms with Gasteiger partial charge in [0.2, 0.25) is 0 Å². The van der Waals surface area contributed by atoms with E-state index < -0.39 is 0 Å². The smallest absolute Gasteiger partial charge is 0.282 e. The van der Waals surface area contributed by atoms with Crippen molar-refractivity contribution in [3.63, 3.8) is 0 Å². The summed E-state index contributed by atoms with van der Waals surface area (Å²) in [6.07, 6.45) is 1.64. The molecule has 0 unspecified atom stereocenters. The number of nitrogens with two attached hydrogens (primary N) is 1. The molecular formula is C15H18ClN2O2+. The van der Waals surface area contributed by atoms with E-state index in [0.29, 0.717) is 5.02 Å². The zero-order valence-corrected chi connectivity index (χ0v) is 12.2. The number of hydrogen-bond donors (Lipinski definition) is 2. The first-order valence-electron chi connectivity index (χ1n) is 6.51. The Balaban J connectivity index is 1.90. The molecule has 2 rings (SSSR count). The van der Waals surface area contributed by atoms with Crippen LogP contribution in [0.2, 0.25) is 5.02 Å². The van der Waals surface area contributed by atoms with Crippen LogP contribution in [0.4, 0.5) is 5.69 Å². The number of benzene rings is 1. The molecule has 1 aromatic carbocycles. The van der Waals surface area contributed by atoms with E-state index in [1.807, 2.05) is 31.3 Å². The predicted molar refractivity (Wildman–Crippen MR) is 78.6 cm³/mol. The van der Waals surface area contributed by atoms with Crippen LogP contribution in [0.3, 0.4) is 0 Å². The molecule has 0 fully saturated rings. The number of nitrogens with one attached hydrogen (secondary N) is 1. The van der Waals surface area contributed by atoms with Gasteiger partial charge in [-0.1, -0.05) is 11.6 Å². The van der Waals surface area contributed by atoms with Crippen LogP contribution in [0.25, 0.3) is 0 Å². The summed E-state index contributed by atoms with van der Waals surface area (Å²) in [5.74, 6) is 0.807. The molecule has 20 heavy (non-hydrogen) atoms. The number of anilines is 1. The number of halogens is 1. The average Bonchev–Trinajstić information content (AvgIpc) is 2.95. The van der Waals surface area contributed by atoms with Crippen molar-refractivity contribution in [2.24, 2.45) is 0 Å². The molecule has 5 heteroatoms. The van der Waals surface area contributed by atoms with Gasteiger partial charge in [-0.05, 0) is 50.2 Å². The number of carbonyl (C=O) groups excluding carboxylic acids is 1. The summed E-state index contributed by atoms with van der Waals surface area (Å²) >= 11 is 5.81. The van der Waals surface area contributed by atoms with Gasteiger partial charge in [-0.15, -0.1) is 0 Å². The van der Waals surface area contributed by atoms with Crippen molar-refractivity contribution in [2.45, 2.75) is 25.9 Å². The van der Waals surface area contributed by atoms with E-state index >= 15 is 0 Å². The maximum absolute atomic E-state index is 12.1. The van der Waals surface area contributed by atoms with Crippen LogP contribution in [-0.2, 0) is 4.79 Å². The standard InChI is InChI=1S/C15H17ClN2O2/c1-10(14-4-3-9-20-14)17-11(2)15(19)18-13-7-5-12(16)6-8-13/h3-11,17H,1-2H3,(H,18,19)/p+1/t10-,11-/m0/s1. The van der Waals surface area contributed by atoms with Gasteiger partial charge in [0, 0.05) is 10.7 Å². The van der Waals surface area contributed by atoms with Crippen LogP contribution in [0.1, 0.15) is 25.6 Å². The zero-order chi connectivity index (χ0) is 14.5. The van der Waals surface area contributed by atoms with Crippen molar-refractivity contribution in [2.75, 3.05) is 5.32 Å². The predicted octanol–water partition coefficient (Wildman–Crippen LogP) is 2.58. The largest absolute Gasteiger partial charge is 0.463 e. The van der Waals surface area contributed by atoms with Crippen LogP contribution < -0.4 is 10.6 Å². The molecule has 0 aliphatic carbocycles. The molecule has 106 valence electrons. The third kappa shape index (κ3) is 3.85. The summed E-state index contributed by atoms with van der Waals surface area (Å²) in [4.78, 5) is 12.1. The van der Waals surface area contributed by atoms with Crippen LogP contribution in [0.5, 0.6) is 0 Å². The molecule has 0 saturated carbocycles. The Hall–Kier alpha value is -1.78. The molecule has 1 heterocycles. The van der Waals surface area contributed by atoms with Gasteiger partial charge in [0.25, 0.3) is 5.91 Å². The molecule has 0 saturated heterocycles. The molecule has 1 aromatic heterocycles. The fraction of sp³-hybridized carbons (Fsp3) is 0.267. The molecule has 0 bridgehead atoms. The summed E-state index contributed by atoms with van der Waals surface area (Å²) in [7, 11) is 0. The van der Waals surface area contributed by atoms with Crippen molar-refractivity contribution < 1.29 is 14.5 Å². The first-order valence-corrected chi connectivity index (χ1v) is 6.89. The highest BCUT2D eigenvalue weighted by molar-refractivity contribution is 6.30. The maximum atomic E-state index is 12.1. The zero-order valence-electron chi connectivity index (χ0n) is 11.5. The lowest BCUT2D eigenvalue weighted by Gasteiger charge is -2.15. The molecule has 3 N–H and O–H groups in total. The Labute approximate surface area is 123 Å². The monoisotopic (exact) mass is 293 g/mol. The molecule has 0 aliphatic heterocycles. The Morgan fingerprint density at radius 1 is 1.25 bits per heavy atom. The third-order valence-corrected chi connectivity index (χ3v) is 3.35. The Bertz CT molecular complexity index is 552. The Morgan fingerprint density at radius 2 is 1.95 bits per heavy atom. The fourth-order valence-corrected chi connectivity index (χ4v) is 2.08. The van der Waals surface area contributed by atoms with Crippen LogP contribution >= 0.6 is 11.6 Å². The number of hydrogen-bond acceptors (Lipinski definition) is 2. The molecule has 0 aliphatic rings. The van der Waals surface area contributed by atoms with Gasteiger partial charge in [-0.2, -0.15) is 0 Å². The SMILES string of the molecule is C[C@H]([NH2+][C@@H](C)c1ccco1)C(=O)Nc1ccc(Cl)cc1. The first kappa shape index (κ1) is 14.6. The molecule has 1 amide bonds. The molecular weight excluding hydrogens is 276 g/mol. The number of quaternary nitrogens is 1. The van der Waals surface area contributed by atoms with E-state index in [4.69, 9.17) is 16.0 Å². The molecule has 0 radical (unpaired) electrons. The van der Waals surface area contributed by atoms with E-state index in [1.54, 1.807) is 30.5 Å². The minimum Gasteiger partial charge on any atom is -0.463 e. The lowest BCUT2D eigenvalue weighted by Crippen LogP contribution is -2.91. The van der Waals surface area contributed by atoms with E-state index in [1.165, 1.54) is 0 Å². The summed E-state index contributed by atoms with van der Waals surface area (Å²) in [6, 6.07) is 10.7. The summed E-state index contributed by atoms with van der Waals surface area (Å²) in [6.45, 7) is 3.87. The second-order valence-electron chi connectivity index (χ2n) is 4.78. The van der Waals surface area contributed by atoms with Crippen LogP contribution in [0.15, 0.2) is 47.1 Å². The van der Waals surface area contributed by atoms with E-state index in [9.17, 15) is 4.79 Å². The Morgan fingerprint density at radius 3 is 2.55 bits per heavy atom. The van der Waals surface area contributed by atoms with Gasteiger partial charge in [0.15, 0.2) is 11.8 Å². The normalized spacial score (nSPS) is 13.8. The van der Waals surface area contributed by atoms with Crippen LogP contribution in [-0.4, -0.2) is 11.9 Å². The number of amides is 1. The molecule has 2 aromatic rings.